The SMILES string of the molecule is OCC1(NCc2ccc(Br)cc2Cl)CCCCC1. The molecule has 1 aromatic carbocycles. The Labute approximate surface area is 122 Å². The van der Waals surface area contributed by atoms with E-state index >= 15 is 0 Å². The summed E-state index contributed by atoms with van der Waals surface area (Å²) >= 11 is 9.61. The first-order chi connectivity index (χ1) is 8.65. The molecule has 0 atom stereocenters. The van der Waals surface area contributed by atoms with Crippen LogP contribution >= 0.6 is 27.5 Å². The maximum atomic E-state index is 9.63. The van der Waals surface area contributed by atoms with E-state index in [-0.39, 0.29) is 12.1 Å². The molecule has 18 heavy (non-hydrogen) atoms. The summed E-state index contributed by atoms with van der Waals surface area (Å²) in [6, 6.07) is 5.92. The summed E-state index contributed by atoms with van der Waals surface area (Å²) < 4.78 is 0.991. The fourth-order valence-corrected chi connectivity index (χ4v) is 3.31. The smallest absolute Gasteiger partial charge is 0.0613 e. The van der Waals surface area contributed by atoms with Crippen molar-refractivity contribution in [2.45, 2.75) is 44.2 Å². The Morgan fingerprint density at radius 2 is 2.00 bits per heavy atom. The van der Waals surface area contributed by atoms with Crippen LogP contribution in [0.1, 0.15) is 37.7 Å². The summed E-state index contributed by atoms with van der Waals surface area (Å²) in [5.74, 6) is 0. The molecule has 0 unspecified atom stereocenters. The number of nitrogens with one attached hydrogen (secondary N) is 1. The van der Waals surface area contributed by atoms with Crippen molar-refractivity contribution in [2.24, 2.45) is 0 Å². The van der Waals surface area contributed by atoms with Crippen molar-refractivity contribution < 1.29 is 5.11 Å². The average Bonchev–Trinajstić information content (AvgIpc) is 2.39. The highest BCUT2D eigenvalue weighted by Gasteiger charge is 2.30. The van der Waals surface area contributed by atoms with E-state index < -0.39 is 0 Å². The molecule has 100 valence electrons. The van der Waals surface area contributed by atoms with Crippen LogP contribution in [0.5, 0.6) is 0 Å². The van der Waals surface area contributed by atoms with Gasteiger partial charge in [0.2, 0.25) is 0 Å². The van der Waals surface area contributed by atoms with E-state index in [0.717, 1.165) is 27.9 Å². The number of rotatable bonds is 4. The van der Waals surface area contributed by atoms with Crippen LogP contribution in [0.15, 0.2) is 22.7 Å². The predicted molar refractivity (Wildman–Crippen MR) is 78.9 cm³/mol. The quantitative estimate of drug-likeness (QED) is 0.877. The van der Waals surface area contributed by atoms with E-state index in [1.54, 1.807) is 0 Å². The average molecular weight is 333 g/mol. The second kappa shape index (κ2) is 6.38. The summed E-state index contributed by atoms with van der Waals surface area (Å²) in [5, 5.41) is 13.9. The molecule has 0 radical (unpaired) electrons. The number of aliphatic hydroxyl groups is 1. The van der Waals surface area contributed by atoms with E-state index in [1.165, 1.54) is 19.3 Å². The largest absolute Gasteiger partial charge is 0.394 e. The number of hydrogen-bond donors (Lipinski definition) is 2. The third-order valence-electron chi connectivity index (χ3n) is 3.78. The van der Waals surface area contributed by atoms with Crippen LogP contribution in [0, 0.1) is 0 Å². The Hall–Kier alpha value is -0.0900. The second-order valence-corrected chi connectivity index (χ2v) is 6.41. The molecule has 2 nitrogen and oxygen atoms in total. The molecule has 2 N–H and O–H groups in total. The zero-order chi connectivity index (χ0) is 13.0. The zero-order valence-electron chi connectivity index (χ0n) is 10.4. The normalized spacial score (nSPS) is 18.8. The number of aliphatic hydroxyl groups excluding tert-OH is 1. The van der Waals surface area contributed by atoms with E-state index in [0.29, 0.717) is 6.54 Å². The Kier molecular flexibility index (Phi) is 5.07. The van der Waals surface area contributed by atoms with Crippen LogP contribution in [-0.4, -0.2) is 17.3 Å². The lowest BCUT2D eigenvalue weighted by molar-refractivity contribution is 0.119. The Bertz CT molecular complexity index is 405. The fourth-order valence-electron chi connectivity index (χ4n) is 2.57. The predicted octanol–water partition coefficient (Wildman–Crippen LogP) is 3.89. The summed E-state index contributed by atoms with van der Waals surface area (Å²) in [5.41, 5.74) is 0.979. The molecule has 0 aromatic heterocycles. The van der Waals surface area contributed by atoms with E-state index in [2.05, 4.69) is 21.2 Å². The molecule has 0 saturated heterocycles. The molecule has 0 bridgehead atoms. The van der Waals surface area contributed by atoms with Crippen molar-refractivity contribution in [1.29, 1.82) is 0 Å². The van der Waals surface area contributed by atoms with Gasteiger partial charge in [0, 0.05) is 21.6 Å². The van der Waals surface area contributed by atoms with Crippen molar-refractivity contribution in [3.63, 3.8) is 0 Å². The van der Waals surface area contributed by atoms with Gasteiger partial charge in [0.1, 0.15) is 0 Å². The number of hydrogen-bond acceptors (Lipinski definition) is 2. The van der Waals surface area contributed by atoms with Gasteiger partial charge in [-0.1, -0.05) is 52.9 Å². The second-order valence-electron chi connectivity index (χ2n) is 5.09. The maximum Gasteiger partial charge on any atom is 0.0613 e. The van der Waals surface area contributed by atoms with Gasteiger partial charge in [-0.25, -0.2) is 0 Å². The minimum Gasteiger partial charge on any atom is -0.394 e. The van der Waals surface area contributed by atoms with Crippen LogP contribution in [0.3, 0.4) is 0 Å². The highest BCUT2D eigenvalue weighted by Crippen LogP contribution is 2.29. The van der Waals surface area contributed by atoms with Crippen LogP contribution < -0.4 is 5.32 Å². The minimum atomic E-state index is -0.103. The highest BCUT2D eigenvalue weighted by atomic mass is 79.9. The van der Waals surface area contributed by atoms with Crippen LogP contribution in [0.25, 0.3) is 0 Å². The van der Waals surface area contributed by atoms with Crippen LogP contribution in [0.2, 0.25) is 5.02 Å². The molecule has 1 saturated carbocycles. The molecule has 1 fully saturated rings. The third kappa shape index (κ3) is 3.47. The topological polar surface area (TPSA) is 32.3 Å². The molecule has 0 spiro atoms. The number of benzene rings is 1. The molecule has 1 aliphatic rings. The monoisotopic (exact) mass is 331 g/mol. The van der Waals surface area contributed by atoms with Gasteiger partial charge in [0.25, 0.3) is 0 Å². The lowest BCUT2D eigenvalue weighted by Crippen LogP contribution is -2.49. The van der Waals surface area contributed by atoms with Gasteiger partial charge in [0.05, 0.1) is 6.61 Å². The first kappa shape index (κ1) is 14.3. The lowest BCUT2D eigenvalue weighted by atomic mass is 9.82. The molecule has 1 aliphatic carbocycles. The summed E-state index contributed by atoms with van der Waals surface area (Å²) in [4.78, 5) is 0. The molecule has 0 aliphatic heterocycles. The summed E-state index contributed by atoms with van der Waals surface area (Å²) in [6.45, 7) is 0.924. The molecular weight excluding hydrogens is 314 g/mol. The van der Waals surface area contributed by atoms with Crippen molar-refractivity contribution in [3.05, 3.63) is 33.3 Å². The van der Waals surface area contributed by atoms with Gasteiger partial charge in [0.15, 0.2) is 0 Å². The summed E-state index contributed by atoms with van der Waals surface area (Å²) in [7, 11) is 0. The summed E-state index contributed by atoms with van der Waals surface area (Å²) in [6.07, 6.45) is 5.78. The Morgan fingerprint density at radius 3 is 2.61 bits per heavy atom. The van der Waals surface area contributed by atoms with Crippen LogP contribution in [0.4, 0.5) is 0 Å². The molecule has 0 heterocycles. The minimum absolute atomic E-state index is 0.103. The zero-order valence-corrected chi connectivity index (χ0v) is 12.7. The molecule has 4 heteroatoms. The van der Waals surface area contributed by atoms with Crippen molar-refractivity contribution in [1.82, 2.24) is 5.32 Å². The third-order valence-corrected chi connectivity index (χ3v) is 4.63. The molecule has 0 amide bonds. The van der Waals surface area contributed by atoms with Gasteiger partial charge in [-0.05, 0) is 30.5 Å². The standard InChI is InChI=1S/C14H19BrClNO/c15-12-5-4-11(13(16)8-12)9-17-14(10-18)6-2-1-3-7-14/h4-5,8,17-18H,1-3,6-7,9-10H2. The lowest BCUT2D eigenvalue weighted by Gasteiger charge is -2.36. The number of halogens is 2. The van der Waals surface area contributed by atoms with Gasteiger partial charge >= 0.3 is 0 Å². The molecule has 1 aromatic rings. The van der Waals surface area contributed by atoms with Gasteiger partial charge < -0.3 is 10.4 Å². The van der Waals surface area contributed by atoms with E-state index in [4.69, 9.17) is 11.6 Å². The Balaban J connectivity index is 2.01. The van der Waals surface area contributed by atoms with Crippen molar-refractivity contribution in [3.8, 4) is 0 Å². The molecule has 2 rings (SSSR count). The van der Waals surface area contributed by atoms with Crippen molar-refractivity contribution in [2.75, 3.05) is 6.61 Å². The first-order valence-electron chi connectivity index (χ1n) is 6.45. The van der Waals surface area contributed by atoms with Gasteiger partial charge in [-0.3, -0.25) is 0 Å². The van der Waals surface area contributed by atoms with E-state index in [9.17, 15) is 5.11 Å². The highest BCUT2D eigenvalue weighted by molar-refractivity contribution is 9.10. The Morgan fingerprint density at radius 1 is 1.28 bits per heavy atom. The maximum absolute atomic E-state index is 9.63. The van der Waals surface area contributed by atoms with E-state index in [1.807, 2.05) is 18.2 Å². The van der Waals surface area contributed by atoms with Crippen molar-refractivity contribution >= 4 is 27.5 Å². The molecular formula is C14H19BrClNO. The van der Waals surface area contributed by atoms with Gasteiger partial charge in [-0.15, -0.1) is 0 Å². The van der Waals surface area contributed by atoms with Crippen LogP contribution in [-0.2, 0) is 6.54 Å². The van der Waals surface area contributed by atoms with Gasteiger partial charge in [-0.2, -0.15) is 0 Å². The fraction of sp³-hybridized carbons (Fsp3) is 0.571. The first-order valence-corrected chi connectivity index (χ1v) is 7.62.